The number of alkyl halides is 3. The summed E-state index contributed by atoms with van der Waals surface area (Å²) in [7, 11) is 0. The summed E-state index contributed by atoms with van der Waals surface area (Å²) in [5.41, 5.74) is 5.21. The van der Waals surface area contributed by atoms with Crippen molar-refractivity contribution in [3.63, 3.8) is 0 Å². The first-order chi connectivity index (χ1) is 15.1. The molecule has 0 amide bonds. The Bertz CT molecular complexity index is 1060. The smallest absolute Gasteiger partial charge is 0.426 e. The first-order valence-electron chi connectivity index (χ1n) is 10.9. The number of benzene rings is 2. The lowest BCUT2D eigenvalue weighted by atomic mass is 9.86. The van der Waals surface area contributed by atoms with E-state index in [9.17, 15) is 18.0 Å². The number of aryl methyl sites for hydroxylation is 1. The number of hydrogen-bond acceptors (Lipinski definition) is 2. The minimum absolute atomic E-state index is 0.111. The van der Waals surface area contributed by atoms with E-state index in [-0.39, 0.29) is 6.61 Å². The Morgan fingerprint density at radius 1 is 1.09 bits per heavy atom. The number of hydrogen-bond donors (Lipinski definition) is 0. The van der Waals surface area contributed by atoms with E-state index < -0.39 is 34.4 Å². The van der Waals surface area contributed by atoms with Crippen molar-refractivity contribution >= 4 is 17.6 Å². The third-order valence-corrected chi connectivity index (χ3v) is 7.17. The van der Waals surface area contributed by atoms with E-state index in [1.807, 2.05) is 18.2 Å². The number of esters is 1. The van der Waals surface area contributed by atoms with Gasteiger partial charge in [-0.1, -0.05) is 74.0 Å². The van der Waals surface area contributed by atoms with Gasteiger partial charge in [-0.2, -0.15) is 13.2 Å². The summed E-state index contributed by atoms with van der Waals surface area (Å²) in [5, 5.41) is -1.19. The first-order valence-corrected chi connectivity index (χ1v) is 11.3. The molecular formula is C26H26ClF3O2. The van der Waals surface area contributed by atoms with E-state index in [0.717, 1.165) is 37.3 Å². The fourth-order valence-electron chi connectivity index (χ4n) is 4.87. The van der Waals surface area contributed by atoms with E-state index in [1.54, 1.807) is 13.8 Å². The molecular weight excluding hydrogens is 437 g/mol. The van der Waals surface area contributed by atoms with Crippen LogP contribution >= 0.6 is 11.6 Å². The average Bonchev–Trinajstić information content (AvgIpc) is 3.27. The van der Waals surface area contributed by atoms with Crippen LogP contribution in [0.1, 0.15) is 43.4 Å². The van der Waals surface area contributed by atoms with Crippen LogP contribution in [0.25, 0.3) is 11.1 Å². The molecule has 1 fully saturated rings. The third kappa shape index (κ3) is 4.45. The average molecular weight is 463 g/mol. The molecule has 0 saturated heterocycles. The topological polar surface area (TPSA) is 26.3 Å². The normalized spacial score (nSPS) is 22.2. The first kappa shape index (κ1) is 22.9. The molecule has 0 bridgehead atoms. The van der Waals surface area contributed by atoms with Gasteiger partial charge in [-0.05, 0) is 64.8 Å². The number of ether oxygens (including phenoxy) is 1. The highest BCUT2D eigenvalue weighted by Gasteiger charge is 2.62. The molecule has 2 aliphatic carbocycles. The fraction of sp³-hybridized carbons (Fsp3) is 0.423. The van der Waals surface area contributed by atoms with Gasteiger partial charge >= 0.3 is 12.1 Å². The summed E-state index contributed by atoms with van der Waals surface area (Å²) in [6.07, 6.45) is 0.424. The SMILES string of the molecule is CC1(C)[C@H](C(=O)OCc2cccc3c2CCCCc2ccccc2-3)[C@@H]1C=C(Cl)C(F)(F)F. The molecule has 32 heavy (non-hydrogen) atoms. The Morgan fingerprint density at radius 3 is 2.53 bits per heavy atom. The third-order valence-electron chi connectivity index (χ3n) is 6.83. The van der Waals surface area contributed by atoms with Gasteiger partial charge in [0.1, 0.15) is 11.6 Å². The Balaban J connectivity index is 1.52. The number of carbonyl (C=O) groups is 1. The molecule has 0 unspecified atom stereocenters. The Hall–Kier alpha value is -2.27. The molecule has 2 aromatic rings. The summed E-state index contributed by atoms with van der Waals surface area (Å²) < 4.78 is 44.0. The van der Waals surface area contributed by atoms with Crippen LogP contribution in [-0.2, 0) is 29.0 Å². The maximum Gasteiger partial charge on any atom is 0.426 e. The van der Waals surface area contributed by atoms with Gasteiger partial charge in [0.15, 0.2) is 0 Å². The molecule has 2 aromatic carbocycles. The van der Waals surface area contributed by atoms with Crippen molar-refractivity contribution in [2.24, 2.45) is 17.3 Å². The largest absolute Gasteiger partial charge is 0.461 e. The maximum atomic E-state index is 12.8. The zero-order valence-electron chi connectivity index (χ0n) is 18.1. The number of allylic oxidation sites excluding steroid dienone is 2. The number of halogens is 4. The van der Waals surface area contributed by atoms with Crippen LogP contribution in [0.4, 0.5) is 13.2 Å². The number of rotatable bonds is 4. The summed E-state index contributed by atoms with van der Waals surface area (Å²) in [6, 6.07) is 14.4. The van der Waals surface area contributed by atoms with Gasteiger partial charge in [0.25, 0.3) is 0 Å². The van der Waals surface area contributed by atoms with Crippen molar-refractivity contribution in [2.75, 3.05) is 0 Å². The fourth-order valence-corrected chi connectivity index (χ4v) is 5.00. The molecule has 0 N–H and O–H groups in total. The van der Waals surface area contributed by atoms with Gasteiger partial charge in [-0.3, -0.25) is 4.79 Å². The van der Waals surface area contributed by atoms with Crippen molar-refractivity contribution in [3.05, 3.63) is 70.3 Å². The molecule has 2 nitrogen and oxygen atoms in total. The molecule has 0 aliphatic heterocycles. The molecule has 1 saturated carbocycles. The minimum atomic E-state index is -4.61. The second-order valence-electron chi connectivity index (χ2n) is 9.25. The predicted octanol–water partition coefficient (Wildman–Crippen LogP) is 7.23. The lowest BCUT2D eigenvalue weighted by Gasteiger charge is -2.20. The van der Waals surface area contributed by atoms with Crippen molar-refractivity contribution in [2.45, 2.75) is 52.3 Å². The standard InChI is InChI=1S/C26H26ClF3O2/c1-25(2)21(14-22(27)26(28,29)30)23(25)24(31)32-15-17-10-7-13-20-18-11-5-3-8-16(18)9-4-6-12-19(17)20/h3,5,7-8,10-11,13-14,21,23H,4,6,9,12,15H2,1-2H3/t21-,23-/m0/s1. The Kier molecular flexibility index (Phi) is 6.15. The van der Waals surface area contributed by atoms with Crippen molar-refractivity contribution in [1.82, 2.24) is 0 Å². The maximum absolute atomic E-state index is 12.8. The van der Waals surface area contributed by atoms with Crippen LogP contribution < -0.4 is 0 Å². The summed E-state index contributed by atoms with van der Waals surface area (Å²) >= 11 is 5.40. The highest BCUT2D eigenvalue weighted by Crippen LogP contribution is 2.60. The minimum Gasteiger partial charge on any atom is -0.461 e. The molecule has 2 aliphatic rings. The highest BCUT2D eigenvalue weighted by molar-refractivity contribution is 6.30. The van der Waals surface area contributed by atoms with Crippen LogP contribution in [0.15, 0.2) is 53.6 Å². The van der Waals surface area contributed by atoms with Crippen molar-refractivity contribution < 1.29 is 22.7 Å². The molecule has 4 rings (SSSR count). The predicted molar refractivity (Wildman–Crippen MR) is 119 cm³/mol. The van der Waals surface area contributed by atoms with Crippen molar-refractivity contribution in [3.8, 4) is 11.1 Å². The van der Waals surface area contributed by atoms with Gasteiger partial charge in [-0.25, -0.2) is 0 Å². The summed E-state index contributed by atoms with van der Waals surface area (Å²) in [6.45, 7) is 3.63. The lowest BCUT2D eigenvalue weighted by molar-refractivity contribution is -0.147. The van der Waals surface area contributed by atoms with Crippen LogP contribution in [0.2, 0.25) is 0 Å². The van der Waals surface area contributed by atoms with Gasteiger partial charge in [-0.15, -0.1) is 0 Å². The zero-order chi connectivity index (χ0) is 23.1. The van der Waals surface area contributed by atoms with E-state index >= 15 is 0 Å². The highest BCUT2D eigenvalue weighted by atomic mass is 35.5. The molecule has 6 heteroatoms. The van der Waals surface area contributed by atoms with E-state index in [0.29, 0.717) is 0 Å². The summed E-state index contributed by atoms with van der Waals surface area (Å²) in [4.78, 5) is 12.7. The molecule has 2 atom stereocenters. The van der Waals surface area contributed by atoms with Gasteiger partial charge in [0.05, 0.1) is 5.92 Å². The Labute approximate surface area is 191 Å². The second-order valence-corrected chi connectivity index (χ2v) is 9.66. The molecule has 170 valence electrons. The van der Waals surface area contributed by atoms with E-state index in [1.165, 1.54) is 22.3 Å². The number of carbonyl (C=O) groups excluding carboxylic acids is 1. The number of fused-ring (bicyclic) bond motifs is 3. The zero-order valence-corrected chi connectivity index (χ0v) is 18.9. The van der Waals surface area contributed by atoms with Crippen LogP contribution in [-0.4, -0.2) is 12.1 Å². The van der Waals surface area contributed by atoms with Gasteiger partial charge in [0.2, 0.25) is 0 Å². The monoisotopic (exact) mass is 462 g/mol. The Morgan fingerprint density at radius 2 is 1.78 bits per heavy atom. The van der Waals surface area contributed by atoms with Crippen molar-refractivity contribution in [1.29, 1.82) is 0 Å². The van der Waals surface area contributed by atoms with Crippen LogP contribution in [0, 0.1) is 17.3 Å². The van der Waals surface area contributed by atoms with E-state index in [4.69, 9.17) is 16.3 Å². The van der Waals surface area contributed by atoms with E-state index in [2.05, 4.69) is 24.3 Å². The lowest BCUT2D eigenvalue weighted by Crippen LogP contribution is -2.12. The van der Waals surface area contributed by atoms with Gasteiger partial charge < -0.3 is 4.74 Å². The molecule has 0 spiro atoms. The molecule has 0 aromatic heterocycles. The van der Waals surface area contributed by atoms with Crippen LogP contribution in [0.5, 0.6) is 0 Å². The second kappa shape index (κ2) is 8.58. The van der Waals surface area contributed by atoms with Crippen LogP contribution in [0.3, 0.4) is 0 Å². The van der Waals surface area contributed by atoms with Gasteiger partial charge in [0, 0.05) is 0 Å². The summed E-state index contributed by atoms with van der Waals surface area (Å²) in [5.74, 6) is -1.70. The molecule has 0 heterocycles. The molecule has 0 radical (unpaired) electrons. The quantitative estimate of drug-likeness (QED) is 0.448.